The zero-order valence-corrected chi connectivity index (χ0v) is 12.9. The van der Waals surface area contributed by atoms with Gasteiger partial charge in [-0.25, -0.2) is 0 Å². The number of benzene rings is 3. The summed E-state index contributed by atoms with van der Waals surface area (Å²) in [6.07, 6.45) is 0.533. The van der Waals surface area contributed by atoms with Crippen molar-refractivity contribution in [1.82, 2.24) is 5.32 Å². The molecule has 0 saturated heterocycles. The summed E-state index contributed by atoms with van der Waals surface area (Å²) in [7, 11) is 0. The first-order valence-corrected chi connectivity index (χ1v) is 7.77. The number of amides is 1. The molecule has 23 heavy (non-hydrogen) atoms. The third kappa shape index (κ3) is 3.96. The predicted molar refractivity (Wildman–Crippen MR) is 93.9 cm³/mol. The van der Waals surface area contributed by atoms with Gasteiger partial charge in [0.25, 0.3) is 0 Å². The van der Waals surface area contributed by atoms with Crippen LogP contribution in [0, 0.1) is 0 Å². The molecule has 3 aromatic carbocycles. The molecule has 0 aliphatic heterocycles. The van der Waals surface area contributed by atoms with Gasteiger partial charge in [-0.15, -0.1) is 0 Å². The van der Waals surface area contributed by atoms with Crippen molar-refractivity contribution in [3.05, 3.63) is 83.9 Å². The molecule has 0 radical (unpaired) electrons. The van der Waals surface area contributed by atoms with Crippen LogP contribution in [0.3, 0.4) is 0 Å². The van der Waals surface area contributed by atoms with Crippen molar-refractivity contribution >= 4 is 16.7 Å². The molecule has 0 heterocycles. The van der Waals surface area contributed by atoms with E-state index in [1.54, 1.807) is 0 Å². The molecule has 0 saturated carbocycles. The van der Waals surface area contributed by atoms with Gasteiger partial charge in [-0.3, -0.25) is 4.79 Å². The molecule has 1 atom stereocenters. The Labute approximate surface area is 136 Å². The minimum absolute atomic E-state index is 0.123. The minimum atomic E-state index is -0.542. The van der Waals surface area contributed by atoms with Crippen LogP contribution in [0.1, 0.15) is 11.1 Å². The number of carbonyl (C=O) groups is 1. The maximum absolute atomic E-state index is 12.1. The highest BCUT2D eigenvalue weighted by atomic mass is 16.2. The Morgan fingerprint density at radius 2 is 1.57 bits per heavy atom. The number of hydrogen-bond acceptors (Lipinski definition) is 2. The molecule has 116 valence electrons. The lowest BCUT2D eigenvalue weighted by atomic mass is 10.0. The summed E-state index contributed by atoms with van der Waals surface area (Å²) < 4.78 is 0. The Morgan fingerprint density at radius 3 is 2.35 bits per heavy atom. The molecule has 1 amide bonds. The molecule has 0 aliphatic carbocycles. The summed E-state index contributed by atoms with van der Waals surface area (Å²) in [5.74, 6) is -0.123. The molecule has 3 aromatic rings. The van der Waals surface area contributed by atoms with E-state index in [1.807, 2.05) is 48.5 Å². The molecule has 3 N–H and O–H groups in total. The lowest BCUT2D eigenvalue weighted by molar-refractivity contribution is -0.122. The van der Waals surface area contributed by atoms with E-state index in [4.69, 9.17) is 5.73 Å². The minimum Gasteiger partial charge on any atom is -0.351 e. The largest absolute Gasteiger partial charge is 0.351 e. The predicted octanol–water partition coefficient (Wildman–Crippen LogP) is 3.03. The highest BCUT2D eigenvalue weighted by Gasteiger charge is 2.13. The third-order valence-electron chi connectivity index (χ3n) is 3.92. The second-order valence-corrected chi connectivity index (χ2v) is 5.70. The number of carbonyl (C=O) groups excluding carboxylic acids is 1. The van der Waals surface area contributed by atoms with Crippen molar-refractivity contribution in [3.63, 3.8) is 0 Å². The first kappa shape index (κ1) is 15.3. The van der Waals surface area contributed by atoms with Crippen LogP contribution in [0.4, 0.5) is 0 Å². The lowest BCUT2D eigenvalue weighted by Crippen LogP contribution is -2.41. The van der Waals surface area contributed by atoms with Crippen molar-refractivity contribution in [3.8, 4) is 0 Å². The van der Waals surface area contributed by atoms with Gasteiger partial charge in [0, 0.05) is 6.54 Å². The van der Waals surface area contributed by atoms with Gasteiger partial charge in [0.05, 0.1) is 6.04 Å². The van der Waals surface area contributed by atoms with Crippen molar-refractivity contribution in [2.45, 2.75) is 19.0 Å². The van der Waals surface area contributed by atoms with Crippen molar-refractivity contribution in [2.75, 3.05) is 0 Å². The molecule has 0 spiro atoms. The third-order valence-corrected chi connectivity index (χ3v) is 3.92. The van der Waals surface area contributed by atoms with Gasteiger partial charge in [0.1, 0.15) is 0 Å². The summed E-state index contributed by atoms with van der Waals surface area (Å²) >= 11 is 0. The zero-order chi connectivity index (χ0) is 16.1. The molecule has 3 rings (SSSR count). The van der Waals surface area contributed by atoms with Crippen LogP contribution in [-0.4, -0.2) is 11.9 Å². The maximum Gasteiger partial charge on any atom is 0.237 e. The molecule has 0 aliphatic rings. The van der Waals surface area contributed by atoms with Gasteiger partial charge >= 0.3 is 0 Å². The van der Waals surface area contributed by atoms with Crippen LogP contribution in [0.5, 0.6) is 0 Å². The first-order chi connectivity index (χ1) is 11.2. The smallest absolute Gasteiger partial charge is 0.237 e. The number of nitrogens with two attached hydrogens (primary N) is 1. The van der Waals surface area contributed by atoms with E-state index in [2.05, 4.69) is 29.6 Å². The summed E-state index contributed by atoms with van der Waals surface area (Å²) in [5.41, 5.74) is 8.19. The van der Waals surface area contributed by atoms with Gasteiger partial charge < -0.3 is 11.1 Å². The van der Waals surface area contributed by atoms with Gasteiger partial charge in [0.2, 0.25) is 5.91 Å². The Bertz CT molecular complexity index is 799. The van der Waals surface area contributed by atoms with Gasteiger partial charge in [0.15, 0.2) is 0 Å². The highest BCUT2D eigenvalue weighted by molar-refractivity contribution is 5.84. The fraction of sp³-hybridized carbons (Fsp3) is 0.150. The Hall–Kier alpha value is -2.65. The molecular weight excluding hydrogens is 284 g/mol. The second-order valence-electron chi connectivity index (χ2n) is 5.70. The Kier molecular flexibility index (Phi) is 4.69. The second kappa shape index (κ2) is 7.07. The van der Waals surface area contributed by atoms with E-state index in [0.717, 1.165) is 11.1 Å². The Balaban J connectivity index is 1.60. The maximum atomic E-state index is 12.1. The molecule has 0 bridgehead atoms. The monoisotopic (exact) mass is 304 g/mol. The van der Waals surface area contributed by atoms with Crippen LogP contribution in [0.25, 0.3) is 10.8 Å². The van der Waals surface area contributed by atoms with Crippen LogP contribution >= 0.6 is 0 Å². The van der Waals surface area contributed by atoms with Crippen LogP contribution in [0.2, 0.25) is 0 Å². The van der Waals surface area contributed by atoms with Gasteiger partial charge in [-0.2, -0.15) is 0 Å². The molecule has 3 nitrogen and oxygen atoms in total. The van der Waals surface area contributed by atoms with Gasteiger partial charge in [-0.05, 0) is 28.3 Å². The highest BCUT2D eigenvalue weighted by Crippen LogP contribution is 2.16. The fourth-order valence-electron chi connectivity index (χ4n) is 2.63. The normalized spacial score (nSPS) is 12.0. The van der Waals surface area contributed by atoms with E-state index in [0.29, 0.717) is 13.0 Å². The van der Waals surface area contributed by atoms with Crippen LogP contribution in [-0.2, 0) is 17.8 Å². The zero-order valence-electron chi connectivity index (χ0n) is 12.9. The average molecular weight is 304 g/mol. The number of fused-ring (bicyclic) bond motifs is 1. The topological polar surface area (TPSA) is 55.1 Å². The average Bonchev–Trinajstić information content (AvgIpc) is 2.60. The van der Waals surface area contributed by atoms with E-state index in [9.17, 15) is 4.79 Å². The van der Waals surface area contributed by atoms with E-state index < -0.39 is 6.04 Å². The SMILES string of the molecule is N[C@@H](Cc1ccc2ccccc2c1)C(=O)NCc1ccccc1. The van der Waals surface area contributed by atoms with E-state index >= 15 is 0 Å². The quantitative estimate of drug-likeness (QED) is 0.761. The number of rotatable bonds is 5. The fourth-order valence-corrected chi connectivity index (χ4v) is 2.63. The van der Waals surface area contributed by atoms with Crippen molar-refractivity contribution in [1.29, 1.82) is 0 Å². The van der Waals surface area contributed by atoms with E-state index in [1.165, 1.54) is 10.8 Å². The molecule has 3 heteroatoms. The lowest BCUT2D eigenvalue weighted by Gasteiger charge is -2.13. The molecule has 0 unspecified atom stereocenters. The molecule has 0 aromatic heterocycles. The number of hydrogen-bond donors (Lipinski definition) is 2. The molecule has 0 fully saturated rings. The standard InChI is InChI=1S/C20H20N2O/c21-19(20(23)22-14-15-6-2-1-3-7-15)13-16-10-11-17-8-4-5-9-18(17)12-16/h1-12,19H,13-14,21H2,(H,22,23)/t19-/m0/s1. The van der Waals surface area contributed by atoms with Crippen molar-refractivity contribution in [2.24, 2.45) is 5.73 Å². The first-order valence-electron chi connectivity index (χ1n) is 7.77. The van der Waals surface area contributed by atoms with Gasteiger partial charge in [-0.1, -0.05) is 72.8 Å². The van der Waals surface area contributed by atoms with E-state index in [-0.39, 0.29) is 5.91 Å². The summed E-state index contributed by atoms with van der Waals surface area (Å²) in [6, 6.07) is 23.7. The number of nitrogens with one attached hydrogen (secondary N) is 1. The Morgan fingerprint density at radius 1 is 0.870 bits per heavy atom. The summed E-state index contributed by atoms with van der Waals surface area (Å²) in [6.45, 7) is 0.505. The summed E-state index contributed by atoms with van der Waals surface area (Å²) in [5, 5.41) is 5.25. The van der Waals surface area contributed by atoms with Crippen LogP contribution < -0.4 is 11.1 Å². The summed E-state index contributed by atoms with van der Waals surface area (Å²) in [4.78, 5) is 12.1. The van der Waals surface area contributed by atoms with Crippen LogP contribution in [0.15, 0.2) is 72.8 Å². The van der Waals surface area contributed by atoms with Crippen molar-refractivity contribution < 1.29 is 4.79 Å². The molecular formula is C20H20N2O.